The van der Waals surface area contributed by atoms with Crippen molar-refractivity contribution in [2.24, 2.45) is 10.9 Å². The quantitative estimate of drug-likeness (QED) is 0.299. The van der Waals surface area contributed by atoms with Crippen LogP contribution >= 0.6 is 24.0 Å². The number of hydrogen-bond acceptors (Lipinski definition) is 4. The first kappa shape index (κ1) is 25.6. The zero-order valence-corrected chi connectivity index (χ0v) is 21.1. The minimum absolute atomic E-state index is 0. The van der Waals surface area contributed by atoms with Crippen molar-refractivity contribution >= 4 is 29.9 Å². The van der Waals surface area contributed by atoms with E-state index in [-0.39, 0.29) is 29.8 Å². The monoisotopic (exact) mass is 543 g/mol. The molecule has 2 N–H and O–H groups in total. The lowest BCUT2D eigenvalue weighted by atomic mass is 9.97. The van der Waals surface area contributed by atoms with E-state index >= 15 is 0 Å². The third kappa shape index (κ3) is 8.07. The van der Waals surface area contributed by atoms with E-state index in [2.05, 4.69) is 27.4 Å². The molecule has 3 rings (SSSR count). The van der Waals surface area contributed by atoms with Crippen LogP contribution in [0.15, 0.2) is 33.7 Å². The summed E-state index contributed by atoms with van der Waals surface area (Å²) < 4.78 is 19.5. The number of aliphatic imine (C=N–C) groups is 1. The Balaban J connectivity index is 0.00000341. The van der Waals surface area contributed by atoms with Crippen molar-refractivity contribution in [1.82, 2.24) is 20.5 Å². The zero-order valence-electron chi connectivity index (χ0n) is 18.8. The van der Waals surface area contributed by atoms with Crippen LogP contribution in [0.5, 0.6) is 0 Å². The maximum Gasteiger partial charge on any atom is 0.208 e. The molecule has 0 saturated carbocycles. The average Bonchev–Trinajstić information content (AvgIpc) is 3.05. The summed E-state index contributed by atoms with van der Waals surface area (Å²) in [6, 6.07) is 6.92. The number of nitrogens with zero attached hydrogens (tertiary/aromatic N) is 3. The van der Waals surface area contributed by atoms with Gasteiger partial charge < -0.3 is 15.1 Å². The molecule has 1 saturated heterocycles. The molecule has 1 aliphatic heterocycles. The second-order valence-electron chi connectivity index (χ2n) is 7.96. The van der Waals surface area contributed by atoms with Crippen molar-refractivity contribution in [3.63, 3.8) is 0 Å². The third-order valence-corrected chi connectivity index (χ3v) is 5.64. The zero-order chi connectivity index (χ0) is 21.3. The van der Waals surface area contributed by atoms with Crippen molar-refractivity contribution in [3.8, 4) is 0 Å². The number of aromatic nitrogens is 1. The fourth-order valence-corrected chi connectivity index (χ4v) is 3.70. The largest absolute Gasteiger partial charge is 0.444 e. The minimum atomic E-state index is -0.150. The fraction of sp³-hybridized carbons (Fsp3) is 0.565. The summed E-state index contributed by atoms with van der Waals surface area (Å²) in [6.07, 6.45) is 2.88. The molecule has 0 radical (unpaired) electrons. The number of benzene rings is 1. The number of aryl methyl sites for hydroxylation is 2. The summed E-state index contributed by atoms with van der Waals surface area (Å²) >= 11 is 0. The van der Waals surface area contributed by atoms with Crippen LogP contribution in [-0.4, -0.2) is 48.6 Å². The van der Waals surface area contributed by atoms with Crippen LogP contribution < -0.4 is 10.6 Å². The molecule has 1 aromatic heterocycles. The van der Waals surface area contributed by atoms with Crippen LogP contribution in [0.25, 0.3) is 0 Å². The maximum absolute atomic E-state index is 13.8. The lowest BCUT2D eigenvalue weighted by Crippen LogP contribution is -2.39. The second kappa shape index (κ2) is 13.0. The number of halogens is 2. The van der Waals surface area contributed by atoms with Gasteiger partial charge in [-0.05, 0) is 70.7 Å². The van der Waals surface area contributed by atoms with Gasteiger partial charge in [-0.15, -0.1) is 24.0 Å². The van der Waals surface area contributed by atoms with E-state index in [1.54, 1.807) is 6.07 Å². The van der Waals surface area contributed by atoms with Crippen LogP contribution in [0.3, 0.4) is 0 Å². The molecule has 31 heavy (non-hydrogen) atoms. The fourth-order valence-electron chi connectivity index (χ4n) is 3.70. The van der Waals surface area contributed by atoms with Crippen molar-refractivity contribution in [1.29, 1.82) is 0 Å². The Kier molecular flexibility index (Phi) is 10.7. The van der Waals surface area contributed by atoms with E-state index in [0.29, 0.717) is 18.9 Å². The molecule has 0 aliphatic carbocycles. The van der Waals surface area contributed by atoms with Gasteiger partial charge in [-0.3, -0.25) is 9.89 Å². The number of guanidine groups is 1. The molecule has 2 aromatic rings. The van der Waals surface area contributed by atoms with Gasteiger partial charge >= 0.3 is 0 Å². The van der Waals surface area contributed by atoms with E-state index in [1.807, 2.05) is 26.0 Å². The third-order valence-electron chi connectivity index (χ3n) is 5.64. The average molecular weight is 543 g/mol. The maximum atomic E-state index is 13.8. The van der Waals surface area contributed by atoms with Crippen LogP contribution in [-0.2, 0) is 13.0 Å². The smallest absolute Gasteiger partial charge is 0.208 e. The predicted octanol–water partition coefficient (Wildman–Crippen LogP) is 4.06. The van der Waals surface area contributed by atoms with Crippen molar-refractivity contribution in [3.05, 3.63) is 53.0 Å². The Morgan fingerprint density at radius 3 is 2.61 bits per heavy atom. The van der Waals surface area contributed by atoms with Gasteiger partial charge in [0.1, 0.15) is 11.6 Å². The summed E-state index contributed by atoms with van der Waals surface area (Å²) in [5, 5.41) is 6.61. The minimum Gasteiger partial charge on any atom is -0.444 e. The molecule has 6 nitrogen and oxygen atoms in total. The van der Waals surface area contributed by atoms with E-state index in [1.165, 1.54) is 6.07 Å². The van der Waals surface area contributed by atoms with Crippen LogP contribution in [0.4, 0.5) is 4.39 Å². The summed E-state index contributed by atoms with van der Waals surface area (Å²) in [5.74, 6) is 2.96. The molecule has 1 aliphatic rings. The summed E-state index contributed by atoms with van der Waals surface area (Å²) in [5.41, 5.74) is 1.71. The molecule has 0 unspecified atom stereocenters. The molecule has 8 heteroatoms. The SMILES string of the molecule is CCNC(=NCC1CCN(Cc2nc(C)c(C)o2)CC1)NCCc1ccccc1F.I. The van der Waals surface area contributed by atoms with Crippen molar-refractivity contribution < 1.29 is 8.81 Å². The Morgan fingerprint density at radius 1 is 1.23 bits per heavy atom. The molecule has 172 valence electrons. The number of piperidine rings is 1. The molecular formula is C23H35FIN5O. The van der Waals surface area contributed by atoms with Crippen LogP contribution in [0.2, 0.25) is 0 Å². The van der Waals surface area contributed by atoms with Gasteiger partial charge in [-0.1, -0.05) is 18.2 Å². The van der Waals surface area contributed by atoms with E-state index < -0.39 is 0 Å². The Labute approximate surface area is 202 Å². The highest BCUT2D eigenvalue weighted by Gasteiger charge is 2.21. The number of oxazole rings is 1. The standard InChI is InChI=1S/C23H34FN5O.HI/c1-4-25-23(26-12-9-20-7-5-6-8-21(20)24)27-15-19-10-13-29(14-11-19)16-22-28-17(2)18(3)30-22;/h5-8,19H,4,9-16H2,1-3H3,(H2,25,26,27);1H. The number of likely N-dealkylation sites (tertiary alicyclic amines) is 1. The Hall–Kier alpha value is -1.68. The Bertz CT molecular complexity index is 814. The molecule has 1 fully saturated rings. The van der Waals surface area contributed by atoms with Crippen molar-refractivity contribution in [2.45, 2.75) is 46.6 Å². The van der Waals surface area contributed by atoms with Crippen molar-refractivity contribution in [2.75, 3.05) is 32.7 Å². The molecule has 1 aromatic carbocycles. The topological polar surface area (TPSA) is 65.7 Å². The van der Waals surface area contributed by atoms with Gasteiger partial charge in [-0.2, -0.15) is 0 Å². The molecule has 0 atom stereocenters. The van der Waals surface area contributed by atoms with Gasteiger partial charge in [0, 0.05) is 19.6 Å². The number of rotatable bonds is 8. The van der Waals surface area contributed by atoms with Crippen LogP contribution in [0.1, 0.15) is 42.7 Å². The lowest BCUT2D eigenvalue weighted by molar-refractivity contribution is 0.166. The molecule has 0 amide bonds. The molecule has 0 bridgehead atoms. The first-order chi connectivity index (χ1) is 14.5. The van der Waals surface area contributed by atoms with Crippen LogP contribution in [0, 0.1) is 25.6 Å². The van der Waals surface area contributed by atoms with E-state index in [9.17, 15) is 4.39 Å². The first-order valence-corrected chi connectivity index (χ1v) is 11.0. The summed E-state index contributed by atoms with van der Waals surface area (Å²) in [7, 11) is 0. The molecular weight excluding hydrogens is 508 g/mol. The highest BCUT2D eigenvalue weighted by Crippen LogP contribution is 2.20. The highest BCUT2D eigenvalue weighted by molar-refractivity contribution is 14.0. The highest BCUT2D eigenvalue weighted by atomic mass is 127. The second-order valence-corrected chi connectivity index (χ2v) is 7.96. The van der Waals surface area contributed by atoms with Gasteiger partial charge in [-0.25, -0.2) is 9.37 Å². The van der Waals surface area contributed by atoms with Gasteiger partial charge in [0.05, 0.1) is 12.2 Å². The first-order valence-electron chi connectivity index (χ1n) is 11.0. The molecule has 2 heterocycles. The lowest BCUT2D eigenvalue weighted by Gasteiger charge is -2.30. The summed E-state index contributed by atoms with van der Waals surface area (Å²) in [4.78, 5) is 11.7. The van der Waals surface area contributed by atoms with Gasteiger partial charge in [0.15, 0.2) is 5.96 Å². The van der Waals surface area contributed by atoms with Gasteiger partial charge in [0.25, 0.3) is 0 Å². The van der Waals surface area contributed by atoms with E-state index in [4.69, 9.17) is 9.41 Å². The normalized spacial score (nSPS) is 15.5. The summed E-state index contributed by atoms with van der Waals surface area (Å²) in [6.45, 7) is 11.1. The molecule has 0 spiro atoms. The Morgan fingerprint density at radius 2 is 1.97 bits per heavy atom. The van der Waals surface area contributed by atoms with E-state index in [0.717, 1.165) is 74.4 Å². The number of hydrogen-bond donors (Lipinski definition) is 2. The predicted molar refractivity (Wildman–Crippen MR) is 133 cm³/mol. The van der Waals surface area contributed by atoms with Gasteiger partial charge in [0.2, 0.25) is 5.89 Å². The number of nitrogens with one attached hydrogen (secondary N) is 2.